The number of benzene rings is 2. The first-order chi connectivity index (χ1) is 19.9. The minimum Gasteiger partial charge on any atom is -0.319 e. The van der Waals surface area contributed by atoms with Crippen LogP contribution in [0.25, 0.3) is 0 Å². The predicted molar refractivity (Wildman–Crippen MR) is 131 cm³/mol. The molecule has 0 radical (unpaired) electrons. The van der Waals surface area contributed by atoms with Gasteiger partial charge in [-0.3, -0.25) is 9.59 Å². The maximum atomic E-state index is 15.2. The van der Waals surface area contributed by atoms with E-state index < -0.39 is 87.9 Å². The van der Waals surface area contributed by atoms with Crippen molar-refractivity contribution in [3.63, 3.8) is 0 Å². The molecule has 2 aromatic carbocycles. The standard InChI is InChI=1S/C24H10BrClF13N3O2/c25-42(19(44)12-2-1-3-14(17(12)27)41-18(43)10-4-7-16(26)40-9-10)15-6-5-11(8-13(15)21(29,30)31)20(28,23(34,35)36)22(32,33)24(37,38)39/h1-9H,(H,41,43). The summed E-state index contributed by atoms with van der Waals surface area (Å²) in [5, 5.41) is 2.04. The van der Waals surface area contributed by atoms with Crippen molar-refractivity contribution in [3.05, 3.63) is 88.0 Å². The van der Waals surface area contributed by atoms with Crippen LogP contribution in [0.1, 0.15) is 31.8 Å². The fraction of sp³-hybridized carbons (Fsp3) is 0.208. The Labute approximate surface area is 249 Å². The van der Waals surface area contributed by atoms with Crippen LogP contribution in [0.15, 0.2) is 54.7 Å². The third-order valence-electron chi connectivity index (χ3n) is 5.74. The van der Waals surface area contributed by atoms with Gasteiger partial charge in [-0.05, 0) is 36.4 Å². The number of carbonyl (C=O) groups excluding carboxylic acids is 2. The van der Waals surface area contributed by atoms with E-state index in [0.717, 1.165) is 18.3 Å². The first-order valence-electron chi connectivity index (χ1n) is 11.1. The van der Waals surface area contributed by atoms with Gasteiger partial charge >= 0.3 is 30.1 Å². The van der Waals surface area contributed by atoms with E-state index in [4.69, 9.17) is 11.6 Å². The number of aromatic nitrogens is 1. The summed E-state index contributed by atoms with van der Waals surface area (Å²) in [7, 11) is 0. The summed E-state index contributed by atoms with van der Waals surface area (Å²) in [6.45, 7) is 0. The van der Waals surface area contributed by atoms with E-state index in [1.807, 2.05) is 5.32 Å². The molecule has 44 heavy (non-hydrogen) atoms. The summed E-state index contributed by atoms with van der Waals surface area (Å²) in [6.07, 6.45) is -19.2. The van der Waals surface area contributed by atoms with Crippen LogP contribution in [0.3, 0.4) is 0 Å². The first-order valence-corrected chi connectivity index (χ1v) is 12.2. The molecule has 3 rings (SSSR count). The zero-order chi connectivity index (χ0) is 33.6. The molecule has 1 N–H and O–H groups in total. The zero-order valence-corrected chi connectivity index (χ0v) is 22.9. The molecule has 1 heterocycles. The quantitative estimate of drug-likeness (QED) is 0.156. The Kier molecular flexibility index (Phi) is 9.29. The minimum atomic E-state index is -7.28. The monoisotopic (exact) mass is 733 g/mol. The number of alkyl halides is 12. The number of pyridine rings is 1. The number of carbonyl (C=O) groups is 2. The Morgan fingerprint density at radius 1 is 0.841 bits per heavy atom. The van der Waals surface area contributed by atoms with Crippen molar-refractivity contribution < 1.29 is 66.7 Å². The molecule has 0 aliphatic carbocycles. The number of hydrogen-bond acceptors (Lipinski definition) is 3. The Balaban J connectivity index is 2.09. The summed E-state index contributed by atoms with van der Waals surface area (Å²) < 4.78 is 177. The average Bonchev–Trinajstić information content (AvgIpc) is 2.91. The van der Waals surface area contributed by atoms with Gasteiger partial charge in [-0.2, -0.15) is 48.3 Å². The molecule has 0 spiro atoms. The summed E-state index contributed by atoms with van der Waals surface area (Å²) in [5.41, 5.74) is -15.5. The largest absolute Gasteiger partial charge is 0.457 e. The van der Waals surface area contributed by atoms with Crippen LogP contribution in [0.2, 0.25) is 5.15 Å². The van der Waals surface area contributed by atoms with E-state index in [0.29, 0.717) is 6.07 Å². The number of anilines is 2. The van der Waals surface area contributed by atoms with Crippen molar-refractivity contribution in [1.82, 2.24) is 4.98 Å². The minimum absolute atomic E-state index is 0.00586. The van der Waals surface area contributed by atoms with E-state index in [2.05, 4.69) is 21.1 Å². The van der Waals surface area contributed by atoms with Crippen LogP contribution >= 0.6 is 27.7 Å². The second-order valence-electron chi connectivity index (χ2n) is 8.53. The Morgan fingerprint density at radius 3 is 1.95 bits per heavy atom. The summed E-state index contributed by atoms with van der Waals surface area (Å²) >= 11 is 7.93. The maximum Gasteiger partial charge on any atom is 0.457 e. The predicted octanol–water partition coefficient (Wildman–Crippen LogP) is 9.03. The molecular formula is C24H10BrClF13N3O2. The van der Waals surface area contributed by atoms with Crippen LogP contribution in [-0.4, -0.2) is 35.1 Å². The van der Waals surface area contributed by atoms with Crippen molar-refractivity contribution in [3.8, 4) is 0 Å². The van der Waals surface area contributed by atoms with Crippen LogP contribution < -0.4 is 9.24 Å². The first kappa shape index (κ1) is 34.9. The zero-order valence-electron chi connectivity index (χ0n) is 20.6. The van der Waals surface area contributed by atoms with Gasteiger partial charge in [-0.25, -0.2) is 17.7 Å². The van der Waals surface area contributed by atoms with E-state index in [9.17, 15) is 62.3 Å². The smallest absolute Gasteiger partial charge is 0.319 e. The summed E-state index contributed by atoms with van der Waals surface area (Å²) in [4.78, 5) is 28.9. The molecule has 238 valence electrons. The van der Waals surface area contributed by atoms with Gasteiger partial charge in [0.25, 0.3) is 11.8 Å². The molecule has 1 unspecified atom stereocenters. The Bertz CT molecular complexity index is 1580. The van der Waals surface area contributed by atoms with Gasteiger partial charge < -0.3 is 5.32 Å². The van der Waals surface area contributed by atoms with Crippen LogP contribution in [0.5, 0.6) is 0 Å². The number of hydrogen-bond donors (Lipinski definition) is 1. The van der Waals surface area contributed by atoms with E-state index >= 15 is 4.39 Å². The van der Waals surface area contributed by atoms with Crippen molar-refractivity contribution >= 4 is 50.9 Å². The molecule has 5 nitrogen and oxygen atoms in total. The lowest BCUT2D eigenvalue weighted by Gasteiger charge is -2.36. The number of rotatable bonds is 6. The lowest BCUT2D eigenvalue weighted by Crippen LogP contribution is -2.59. The van der Waals surface area contributed by atoms with Gasteiger partial charge in [0.1, 0.15) is 5.15 Å². The van der Waals surface area contributed by atoms with Crippen molar-refractivity contribution in [2.45, 2.75) is 30.1 Å². The maximum absolute atomic E-state index is 15.2. The third-order valence-corrected chi connectivity index (χ3v) is 6.66. The van der Waals surface area contributed by atoms with Gasteiger partial charge in [0, 0.05) is 11.8 Å². The van der Waals surface area contributed by atoms with E-state index in [1.54, 1.807) is 0 Å². The molecular weight excluding hydrogens is 725 g/mol. The molecule has 1 atom stereocenters. The molecule has 0 aliphatic heterocycles. The molecule has 20 heteroatoms. The normalized spacial score (nSPS) is 14.2. The number of amides is 2. The molecule has 0 fully saturated rings. The fourth-order valence-corrected chi connectivity index (χ4v) is 4.19. The van der Waals surface area contributed by atoms with Gasteiger partial charge in [0.05, 0.1) is 44.2 Å². The second-order valence-corrected chi connectivity index (χ2v) is 9.63. The molecule has 0 saturated heterocycles. The molecule has 0 saturated carbocycles. The van der Waals surface area contributed by atoms with E-state index in [-0.39, 0.29) is 20.7 Å². The number of nitrogens with one attached hydrogen (secondary N) is 1. The van der Waals surface area contributed by atoms with Crippen LogP contribution in [0.4, 0.5) is 68.5 Å². The van der Waals surface area contributed by atoms with Crippen molar-refractivity contribution in [2.24, 2.45) is 0 Å². The highest BCUT2D eigenvalue weighted by Crippen LogP contribution is 2.59. The van der Waals surface area contributed by atoms with Gasteiger partial charge in [-0.15, -0.1) is 0 Å². The SMILES string of the molecule is O=C(Nc1cccc(C(=O)N(Br)c2ccc(C(F)(C(F)(F)F)C(F)(F)C(F)(F)F)cc2C(F)(F)F)c1F)c1ccc(Cl)nc1. The lowest BCUT2D eigenvalue weighted by atomic mass is 9.86. The molecule has 3 aromatic rings. The summed E-state index contributed by atoms with van der Waals surface area (Å²) in [5.74, 6) is -11.6. The average molecular weight is 735 g/mol. The Morgan fingerprint density at radius 2 is 1.45 bits per heavy atom. The van der Waals surface area contributed by atoms with Crippen molar-refractivity contribution in [1.29, 1.82) is 0 Å². The second kappa shape index (κ2) is 11.7. The number of halogens is 15. The van der Waals surface area contributed by atoms with Gasteiger partial charge in [0.2, 0.25) is 0 Å². The van der Waals surface area contributed by atoms with Crippen molar-refractivity contribution in [2.75, 3.05) is 9.24 Å². The fourth-order valence-electron chi connectivity index (χ4n) is 3.58. The van der Waals surface area contributed by atoms with E-state index in [1.165, 1.54) is 12.1 Å². The highest BCUT2D eigenvalue weighted by atomic mass is 79.9. The topological polar surface area (TPSA) is 62.3 Å². The molecule has 0 aliphatic rings. The third kappa shape index (κ3) is 6.29. The number of nitrogens with zero attached hydrogens (tertiary/aromatic N) is 2. The lowest BCUT2D eigenvalue weighted by molar-refractivity contribution is -0.389. The highest BCUT2D eigenvalue weighted by Gasteiger charge is 2.81. The summed E-state index contributed by atoms with van der Waals surface area (Å²) in [6, 6.07) is 3.24. The molecule has 2 amide bonds. The van der Waals surface area contributed by atoms with Crippen LogP contribution in [-0.2, 0) is 11.8 Å². The molecule has 0 bridgehead atoms. The van der Waals surface area contributed by atoms with Gasteiger partial charge in [0.15, 0.2) is 5.82 Å². The Hall–Kier alpha value is -3.61. The van der Waals surface area contributed by atoms with Gasteiger partial charge in [-0.1, -0.05) is 23.7 Å². The van der Waals surface area contributed by atoms with Crippen LogP contribution in [0, 0.1) is 5.82 Å². The highest BCUT2D eigenvalue weighted by molar-refractivity contribution is 9.10. The molecule has 1 aromatic heterocycles.